The molecule has 158 valence electrons. The highest BCUT2D eigenvalue weighted by Crippen LogP contribution is 2.26. The fourth-order valence-corrected chi connectivity index (χ4v) is 2.91. The number of nitrogens with zero attached hydrogens (tertiary/aromatic N) is 2. The summed E-state index contributed by atoms with van der Waals surface area (Å²) in [5, 5.41) is 8.19. The minimum Gasteiger partial charge on any atom is -0.468 e. The van der Waals surface area contributed by atoms with Crippen molar-refractivity contribution >= 4 is 22.8 Å². The summed E-state index contributed by atoms with van der Waals surface area (Å²) in [4.78, 5) is 24.1. The number of nitrogens with one attached hydrogen (secondary N) is 1. The van der Waals surface area contributed by atoms with Crippen LogP contribution in [0.4, 0.5) is 0 Å². The second-order valence-electron chi connectivity index (χ2n) is 7.01. The molecule has 0 radical (unpaired) electrons. The van der Waals surface area contributed by atoms with Gasteiger partial charge in [0.25, 0.3) is 0 Å². The Kier molecular flexibility index (Phi) is 8.21. The third kappa shape index (κ3) is 6.32. The fraction of sp³-hybridized carbons (Fsp3) is 0.476. The van der Waals surface area contributed by atoms with Crippen molar-refractivity contribution in [2.75, 3.05) is 20.3 Å². The zero-order valence-electron chi connectivity index (χ0n) is 17.6. The van der Waals surface area contributed by atoms with Crippen molar-refractivity contribution in [2.45, 2.75) is 33.2 Å². The Bertz CT molecular complexity index is 872. The van der Waals surface area contributed by atoms with Crippen molar-refractivity contribution in [1.29, 1.82) is 0 Å². The van der Waals surface area contributed by atoms with Crippen LogP contribution in [-0.2, 0) is 26.1 Å². The molecule has 0 bridgehead atoms. The van der Waals surface area contributed by atoms with E-state index in [-0.39, 0.29) is 25.0 Å². The van der Waals surface area contributed by atoms with Gasteiger partial charge >= 0.3 is 11.9 Å². The Morgan fingerprint density at radius 3 is 2.72 bits per heavy atom. The number of aryl methyl sites for hydroxylation is 1. The summed E-state index contributed by atoms with van der Waals surface area (Å²) in [5.41, 5.74) is 0.901. The van der Waals surface area contributed by atoms with E-state index >= 15 is 0 Å². The van der Waals surface area contributed by atoms with E-state index in [4.69, 9.17) is 14.2 Å². The minimum atomic E-state index is -0.513. The molecule has 1 atom stereocenters. The second kappa shape index (κ2) is 10.6. The number of carbonyl (C=O) groups is 2. The van der Waals surface area contributed by atoms with Crippen molar-refractivity contribution in [3.05, 3.63) is 36.2 Å². The van der Waals surface area contributed by atoms with Crippen molar-refractivity contribution in [3.8, 4) is 5.75 Å². The van der Waals surface area contributed by atoms with Gasteiger partial charge in [-0.1, -0.05) is 19.9 Å². The molecule has 1 N–H and O–H groups in total. The number of benzene rings is 1. The van der Waals surface area contributed by atoms with Crippen LogP contribution in [-0.4, -0.2) is 48.0 Å². The summed E-state index contributed by atoms with van der Waals surface area (Å²) in [6, 6.07) is 5.07. The summed E-state index contributed by atoms with van der Waals surface area (Å²) in [5.74, 6) is 0.308. The van der Waals surface area contributed by atoms with Crippen LogP contribution in [0.15, 0.2) is 36.2 Å². The molecule has 1 heterocycles. The first kappa shape index (κ1) is 22.4. The molecule has 8 nitrogen and oxygen atoms in total. The number of aromatic nitrogens is 2. The first-order chi connectivity index (χ1) is 13.8. The maximum absolute atomic E-state index is 12.1. The van der Waals surface area contributed by atoms with Gasteiger partial charge in [0.1, 0.15) is 17.6 Å². The Hall–Kier alpha value is -2.87. The zero-order chi connectivity index (χ0) is 21.4. The van der Waals surface area contributed by atoms with Crippen LogP contribution < -0.4 is 10.1 Å². The van der Waals surface area contributed by atoms with E-state index in [2.05, 4.69) is 10.4 Å². The van der Waals surface area contributed by atoms with E-state index < -0.39 is 12.0 Å². The maximum Gasteiger partial charge on any atom is 0.334 e. The van der Waals surface area contributed by atoms with Crippen molar-refractivity contribution in [3.63, 3.8) is 0 Å². The van der Waals surface area contributed by atoms with E-state index in [1.54, 1.807) is 23.9 Å². The highest BCUT2D eigenvalue weighted by molar-refractivity contribution is 5.86. The molecule has 0 saturated heterocycles. The number of rotatable bonds is 10. The third-order valence-electron chi connectivity index (χ3n) is 4.27. The summed E-state index contributed by atoms with van der Waals surface area (Å²) in [6.45, 7) is 6.18. The predicted molar refractivity (Wildman–Crippen MR) is 109 cm³/mol. The molecule has 0 aliphatic carbocycles. The summed E-state index contributed by atoms with van der Waals surface area (Å²) in [6.07, 6.45) is 3.59. The van der Waals surface area contributed by atoms with Gasteiger partial charge in [-0.3, -0.25) is 14.8 Å². The van der Waals surface area contributed by atoms with E-state index in [9.17, 15) is 9.59 Å². The molecule has 29 heavy (non-hydrogen) atoms. The van der Waals surface area contributed by atoms with Crippen molar-refractivity contribution < 1.29 is 23.8 Å². The smallest absolute Gasteiger partial charge is 0.334 e. The molecular formula is C21H29N3O5. The van der Waals surface area contributed by atoms with Gasteiger partial charge < -0.3 is 14.2 Å². The molecule has 2 aromatic rings. The summed E-state index contributed by atoms with van der Waals surface area (Å²) >= 11 is 0. The van der Waals surface area contributed by atoms with Crippen LogP contribution in [0.3, 0.4) is 0 Å². The van der Waals surface area contributed by atoms with E-state index in [0.717, 1.165) is 10.9 Å². The van der Waals surface area contributed by atoms with Crippen LogP contribution in [0.5, 0.6) is 5.75 Å². The van der Waals surface area contributed by atoms with Gasteiger partial charge in [-0.15, -0.1) is 0 Å². The molecule has 0 unspecified atom stereocenters. The van der Waals surface area contributed by atoms with Gasteiger partial charge in [0.05, 0.1) is 43.4 Å². The fourth-order valence-electron chi connectivity index (χ4n) is 2.91. The van der Waals surface area contributed by atoms with Gasteiger partial charge in [0, 0.05) is 7.05 Å². The van der Waals surface area contributed by atoms with Crippen molar-refractivity contribution in [2.24, 2.45) is 13.0 Å². The van der Waals surface area contributed by atoms with Crippen LogP contribution in [0.25, 0.3) is 10.9 Å². The first-order valence-electron chi connectivity index (χ1n) is 9.62. The molecule has 2 rings (SSSR count). The number of hydrogen-bond acceptors (Lipinski definition) is 7. The molecule has 1 aromatic heterocycles. The number of esters is 2. The molecule has 0 aliphatic rings. The van der Waals surface area contributed by atoms with Crippen molar-refractivity contribution in [1.82, 2.24) is 15.1 Å². The molecule has 0 saturated carbocycles. The van der Waals surface area contributed by atoms with Crippen LogP contribution in [0, 0.1) is 5.92 Å². The SMILES string of the molecule is CCOC(=O)/C=C(/CN[C@@H](CC(C)C)C(=O)OC)Oc1cccc2c1cnn2C. The number of ether oxygens (including phenoxy) is 3. The van der Waals surface area contributed by atoms with Crippen LogP contribution in [0.1, 0.15) is 27.2 Å². The lowest BCUT2D eigenvalue weighted by Gasteiger charge is -2.19. The molecular weight excluding hydrogens is 374 g/mol. The second-order valence-corrected chi connectivity index (χ2v) is 7.01. The molecule has 0 aliphatic heterocycles. The highest BCUT2D eigenvalue weighted by atomic mass is 16.5. The van der Waals surface area contributed by atoms with Gasteiger partial charge in [-0.05, 0) is 31.4 Å². The van der Waals surface area contributed by atoms with Gasteiger partial charge in [0.15, 0.2) is 0 Å². The van der Waals surface area contributed by atoms with Gasteiger partial charge in [-0.25, -0.2) is 4.79 Å². The molecule has 0 fully saturated rings. The topological polar surface area (TPSA) is 91.7 Å². The molecule has 0 spiro atoms. The molecule has 8 heteroatoms. The molecule has 1 aromatic carbocycles. The van der Waals surface area contributed by atoms with Gasteiger partial charge in [-0.2, -0.15) is 5.10 Å². The largest absolute Gasteiger partial charge is 0.468 e. The lowest BCUT2D eigenvalue weighted by atomic mass is 10.0. The summed E-state index contributed by atoms with van der Waals surface area (Å²) < 4.78 is 17.7. The lowest BCUT2D eigenvalue weighted by molar-refractivity contribution is -0.143. The number of hydrogen-bond donors (Lipinski definition) is 1. The minimum absolute atomic E-state index is 0.155. The Balaban J connectivity index is 2.24. The third-order valence-corrected chi connectivity index (χ3v) is 4.27. The predicted octanol–water partition coefficient (Wildman–Crippen LogP) is 2.58. The monoisotopic (exact) mass is 403 g/mol. The Labute approximate surface area is 170 Å². The average Bonchev–Trinajstić information content (AvgIpc) is 3.06. The Morgan fingerprint density at radius 1 is 1.31 bits per heavy atom. The van der Waals surface area contributed by atoms with E-state index in [1.807, 2.05) is 33.0 Å². The van der Waals surface area contributed by atoms with E-state index in [1.165, 1.54) is 13.2 Å². The zero-order valence-corrected chi connectivity index (χ0v) is 17.6. The first-order valence-corrected chi connectivity index (χ1v) is 9.62. The average molecular weight is 403 g/mol. The molecule has 0 amide bonds. The normalized spacial score (nSPS) is 12.8. The van der Waals surface area contributed by atoms with Crippen LogP contribution >= 0.6 is 0 Å². The maximum atomic E-state index is 12.1. The number of fused-ring (bicyclic) bond motifs is 1. The van der Waals surface area contributed by atoms with E-state index in [0.29, 0.717) is 17.9 Å². The number of methoxy groups -OCH3 is 1. The van der Waals surface area contributed by atoms with Crippen LogP contribution in [0.2, 0.25) is 0 Å². The summed E-state index contributed by atoms with van der Waals surface area (Å²) in [7, 11) is 3.20. The number of carbonyl (C=O) groups excluding carboxylic acids is 2. The van der Waals surface area contributed by atoms with Gasteiger partial charge in [0.2, 0.25) is 0 Å². The highest BCUT2D eigenvalue weighted by Gasteiger charge is 2.21. The standard InChI is InChI=1S/C21H29N3O5/c1-6-28-20(25)11-15(12-22-17(10-14(2)3)21(26)27-5)29-19-9-7-8-18-16(19)13-23-24(18)4/h7-9,11,13-14,17,22H,6,10,12H2,1-5H3/b15-11-/t17-/m0/s1. The Morgan fingerprint density at radius 2 is 2.07 bits per heavy atom. The quantitative estimate of drug-likeness (QED) is 0.370. The lowest BCUT2D eigenvalue weighted by Crippen LogP contribution is -2.40.